The Hall–Kier alpha value is -1.36. The molecule has 2 aromatic heterocycles. The number of halogens is 1. The van der Waals surface area contributed by atoms with Crippen molar-refractivity contribution in [1.29, 1.82) is 0 Å². The summed E-state index contributed by atoms with van der Waals surface area (Å²) in [7, 11) is 0. The SMILES string of the molecule is O=c1c2[nH]cnc2ncn1Cl. The Balaban J connectivity index is 3.05. The van der Waals surface area contributed by atoms with E-state index in [0.717, 1.165) is 4.09 Å². The number of rotatable bonds is 0. The fourth-order valence-corrected chi connectivity index (χ4v) is 0.935. The zero-order chi connectivity index (χ0) is 7.84. The molecule has 0 spiro atoms. The van der Waals surface area contributed by atoms with Crippen LogP contribution in [-0.2, 0) is 0 Å². The molecule has 0 amide bonds. The van der Waals surface area contributed by atoms with E-state index in [0.29, 0.717) is 11.2 Å². The third-order valence-electron chi connectivity index (χ3n) is 1.31. The maximum absolute atomic E-state index is 11.1. The number of hydrogen-bond donors (Lipinski definition) is 1. The van der Waals surface area contributed by atoms with Crippen LogP contribution in [0.5, 0.6) is 0 Å². The maximum Gasteiger partial charge on any atom is 0.294 e. The van der Waals surface area contributed by atoms with Crippen molar-refractivity contribution in [2.75, 3.05) is 0 Å². The Kier molecular flexibility index (Phi) is 1.19. The Bertz CT molecular complexity index is 445. The minimum absolute atomic E-state index is 0.322. The minimum atomic E-state index is -0.339. The number of fused-ring (bicyclic) bond motifs is 1. The first kappa shape index (κ1) is 6.36. The van der Waals surface area contributed by atoms with Gasteiger partial charge in [0.1, 0.15) is 6.33 Å². The highest BCUT2D eigenvalue weighted by molar-refractivity contribution is 6.15. The summed E-state index contributed by atoms with van der Waals surface area (Å²) in [6, 6.07) is 0. The predicted molar refractivity (Wildman–Crippen MR) is 39.4 cm³/mol. The average Bonchev–Trinajstić information content (AvgIpc) is 2.45. The van der Waals surface area contributed by atoms with Gasteiger partial charge in [-0.3, -0.25) is 4.79 Å². The first-order valence-electron chi connectivity index (χ1n) is 2.86. The van der Waals surface area contributed by atoms with Gasteiger partial charge in [0.15, 0.2) is 11.2 Å². The van der Waals surface area contributed by atoms with Gasteiger partial charge in [-0.05, 0) is 0 Å². The summed E-state index contributed by atoms with van der Waals surface area (Å²) in [4.78, 5) is 21.3. The van der Waals surface area contributed by atoms with E-state index in [4.69, 9.17) is 11.8 Å². The normalized spacial score (nSPS) is 10.6. The van der Waals surface area contributed by atoms with Crippen molar-refractivity contribution < 1.29 is 0 Å². The molecule has 0 aromatic carbocycles. The fourth-order valence-electron chi connectivity index (χ4n) is 0.807. The molecule has 2 rings (SSSR count). The van der Waals surface area contributed by atoms with Gasteiger partial charge >= 0.3 is 0 Å². The zero-order valence-corrected chi connectivity index (χ0v) is 6.04. The minimum Gasteiger partial charge on any atom is -0.339 e. The average molecular weight is 171 g/mol. The molecule has 5 nitrogen and oxygen atoms in total. The number of nitrogens with one attached hydrogen (secondary N) is 1. The van der Waals surface area contributed by atoms with Crippen LogP contribution in [-0.4, -0.2) is 19.0 Å². The van der Waals surface area contributed by atoms with Crippen LogP contribution in [0.1, 0.15) is 0 Å². The largest absolute Gasteiger partial charge is 0.339 e. The molecule has 2 heterocycles. The van der Waals surface area contributed by atoms with E-state index in [2.05, 4.69) is 15.0 Å². The number of aromatic nitrogens is 4. The van der Waals surface area contributed by atoms with E-state index in [1.54, 1.807) is 0 Å². The summed E-state index contributed by atoms with van der Waals surface area (Å²) < 4.78 is 0.876. The lowest BCUT2D eigenvalue weighted by molar-refractivity contribution is 1.07. The van der Waals surface area contributed by atoms with Gasteiger partial charge in [-0.2, -0.15) is 0 Å². The molecule has 0 aliphatic heterocycles. The van der Waals surface area contributed by atoms with Crippen molar-refractivity contribution in [3.8, 4) is 0 Å². The maximum atomic E-state index is 11.1. The lowest BCUT2D eigenvalue weighted by Gasteiger charge is -1.89. The molecule has 1 N–H and O–H groups in total. The van der Waals surface area contributed by atoms with E-state index >= 15 is 0 Å². The van der Waals surface area contributed by atoms with Crippen molar-refractivity contribution in [3.63, 3.8) is 0 Å². The zero-order valence-electron chi connectivity index (χ0n) is 5.28. The smallest absolute Gasteiger partial charge is 0.294 e. The summed E-state index contributed by atoms with van der Waals surface area (Å²) >= 11 is 5.44. The molecule has 2 aromatic rings. The Morgan fingerprint density at radius 1 is 1.55 bits per heavy atom. The van der Waals surface area contributed by atoms with Gasteiger partial charge in [-0.25, -0.2) is 14.1 Å². The first-order valence-corrected chi connectivity index (χ1v) is 3.20. The van der Waals surface area contributed by atoms with Gasteiger partial charge < -0.3 is 4.98 Å². The van der Waals surface area contributed by atoms with E-state index in [9.17, 15) is 4.79 Å². The van der Waals surface area contributed by atoms with Gasteiger partial charge in [0.05, 0.1) is 6.33 Å². The van der Waals surface area contributed by atoms with Gasteiger partial charge in [0.2, 0.25) is 0 Å². The van der Waals surface area contributed by atoms with Gasteiger partial charge in [-0.15, -0.1) is 0 Å². The molecule has 0 saturated carbocycles. The number of H-pyrrole nitrogens is 1. The second-order valence-corrected chi connectivity index (χ2v) is 2.33. The molecule has 56 valence electrons. The molecule has 0 radical (unpaired) electrons. The van der Waals surface area contributed by atoms with Crippen molar-refractivity contribution in [2.45, 2.75) is 0 Å². The number of hydrogen-bond acceptors (Lipinski definition) is 3. The van der Waals surface area contributed by atoms with Crippen LogP contribution in [0, 0.1) is 0 Å². The molecular formula is C5H3ClN4O. The van der Waals surface area contributed by atoms with Crippen LogP contribution >= 0.6 is 11.8 Å². The molecule has 6 heteroatoms. The second-order valence-electron chi connectivity index (χ2n) is 1.96. The van der Waals surface area contributed by atoms with Gasteiger partial charge in [0, 0.05) is 11.8 Å². The second kappa shape index (κ2) is 2.06. The van der Waals surface area contributed by atoms with Crippen LogP contribution in [0.3, 0.4) is 0 Å². The number of nitrogens with zero attached hydrogens (tertiary/aromatic N) is 3. The van der Waals surface area contributed by atoms with Crippen LogP contribution in [0.25, 0.3) is 11.2 Å². The van der Waals surface area contributed by atoms with Crippen molar-refractivity contribution in [3.05, 3.63) is 23.0 Å². The van der Waals surface area contributed by atoms with Gasteiger partial charge in [0.25, 0.3) is 5.56 Å². The molecule has 0 bridgehead atoms. The molecule has 0 atom stereocenters. The van der Waals surface area contributed by atoms with Crippen molar-refractivity contribution in [1.82, 2.24) is 19.0 Å². The van der Waals surface area contributed by atoms with E-state index < -0.39 is 0 Å². The topological polar surface area (TPSA) is 63.6 Å². The van der Waals surface area contributed by atoms with E-state index in [1.807, 2.05) is 0 Å². The quantitative estimate of drug-likeness (QED) is 0.611. The third kappa shape index (κ3) is 0.813. The molecule has 0 unspecified atom stereocenters. The Labute approximate surface area is 65.8 Å². The molecule has 11 heavy (non-hydrogen) atoms. The highest BCUT2D eigenvalue weighted by Gasteiger charge is 2.02. The highest BCUT2D eigenvalue weighted by atomic mass is 35.5. The molecule has 0 fully saturated rings. The summed E-state index contributed by atoms with van der Waals surface area (Å²) in [6.45, 7) is 0. The summed E-state index contributed by atoms with van der Waals surface area (Å²) in [5.41, 5.74) is 0.364. The van der Waals surface area contributed by atoms with Gasteiger partial charge in [-0.1, -0.05) is 0 Å². The monoisotopic (exact) mass is 170 g/mol. The standard InChI is InChI=1S/C5H3ClN4O/c6-10-2-9-4-3(5(10)11)7-1-8-4/h1-2H,(H,7,8). The van der Waals surface area contributed by atoms with Crippen LogP contribution in [0.2, 0.25) is 0 Å². The van der Waals surface area contributed by atoms with Crippen molar-refractivity contribution in [2.24, 2.45) is 0 Å². The lowest BCUT2D eigenvalue weighted by atomic mass is 10.6. The number of aromatic amines is 1. The van der Waals surface area contributed by atoms with Crippen LogP contribution in [0.4, 0.5) is 0 Å². The summed E-state index contributed by atoms with van der Waals surface area (Å²) in [6.07, 6.45) is 2.61. The van der Waals surface area contributed by atoms with E-state index in [1.165, 1.54) is 12.7 Å². The lowest BCUT2D eigenvalue weighted by Crippen LogP contribution is -2.12. The molecule has 0 aliphatic carbocycles. The molecular weight excluding hydrogens is 168 g/mol. The Morgan fingerprint density at radius 3 is 3.18 bits per heavy atom. The van der Waals surface area contributed by atoms with Crippen molar-refractivity contribution >= 4 is 22.9 Å². The van der Waals surface area contributed by atoms with Crippen LogP contribution in [0.15, 0.2) is 17.4 Å². The Morgan fingerprint density at radius 2 is 2.36 bits per heavy atom. The highest BCUT2D eigenvalue weighted by Crippen LogP contribution is 1.97. The predicted octanol–water partition coefficient (Wildman–Crippen LogP) is 0.121. The molecule has 0 saturated heterocycles. The fraction of sp³-hybridized carbons (Fsp3) is 0. The van der Waals surface area contributed by atoms with Crippen LogP contribution < -0.4 is 5.56 Å². The number of imidazole rings is 1. The summed E-state index contributed by atoms with van der Waals surface area (Å²) in [5, 5.41) is 0. The van der Waals surface area contributed by atoms with E-state index in [-0.39, 0.29) is 5.56 Å². The molecule has 0 aliphatic rings. The first-order chi connectivity index (χ1) is 5.29. The third-order valence-corrected chi connectivity index (χ3v) is 1.55. The summed E-state index contributed by atoms with van der Waals surface area (Å²) in [5.74, 6) is 0.